The number of halogens is 3. The van der Waals surface area contributed by atoms with Crippen molar-refractivity contribution in [1.82, 2.24) is 0 Å². The summed E-state index contributed by atoms with van der Waals surface area (Å²) in [6, 6.07) is 0. The van der Waals surface area contributed by atoms with Crippen molar-refractivity contribution in [3.8, 4) is 0 Å². The first kappa shape index (κ1) is 9.46. The van der Waals surface area contributed by atoms with E-state index in [9.17, 15) is 18.0 Å². The molecule has 0 saturated carbocycles. The molecule has 6 nitrogen and oxygen atoms in total. The third-order valence-electron chi connectivity index (χ3n) is 0.405. The van der Waals surface area contributed by atoms with Crippen LogP contribution >= 0.6 is 0 Å². The van der Waals surface area contributed by atoms with Gasteiger partial charge in [-0.2, -0.15) is 13.2 Å². The van der Waals surface area contributed by atoms with Crippen LogP contribution in [0.4, 0.5) is 13.2 Å². The van der Waals surface area contributed by atoms with E-state index in [1.54, 1.807) is 0 Å². The van der Waals surface area contributed by atoms with Gasteiger partial charge in [0.2, 0.25) is 0 Å². The van der Waals surface area contributed by atoms with E-state index >= 15 is 0 Å². The normalized spacial score (nSPS) is 10.5. The molecule has 0 radical (unpaired) electrons. The van der Waals surface area contributed by atoms with Crippen molar-refractivity contribution in [3.05, 3.63) is 10.1 Å². The number of hydrogen-bond acceptors (Lipinski definition) is 5. The summed E-state index contributed by atoms with van der Waals surface area (Å²) in [5.74, 6) is -2.78. The fraction of sp³-hybridized carbons (Fsp3) is 0.500. The minimum Gasteiger partial charge on any atom is -0.250 e. The van der Waals surface area contributed by atoms with Gasteiger partial charge in [-0.05, 0) is 0 Å². The molecular formula is C2F3NO5. The molecule has 0 atom stereocenters. The topological polar surface area (TPSA) is 78.7 Å². The van der Waals surface area contributed by atoms with Crippen LogP contribution in [0.1, 0.15) is 0 Å². The Morgan fingerprint density at radius 2 is 1.91 bits per heavy atom. The van der Waals surface area contributed by atoms with Gasteiger partial charge >= 0.3 is 17.2 Å². The Balaban J connectivity index is 3.80. The van der Waals surface area contributed by atoms with E-state index in [4.69, 9.17) is 10.1 Å². The molecule has 0 fully saturated rings. The summed E-state index contributed by atoms with van der Waals surface area (Å²) in [6.45, 7) is 0. The molecule has 0 saturated heterocycles. The quantitative estimate of drug-likeness (QED) is 0.340. The number of nitrogens with zero attached hydrogens (tertiary/aromatic N) is 1. The van der Waals surface area contributed by atoms with E-state index in [0.29, 0.717) is 0 Å². The maximum absolute atomic E-state index is 11.1. The number of carbonyl (C=O) groups excluding carboxylic acids is 1. The molecule has 0 rings (SSSR count). The Bertz CT molecular complexity index is 175. The van der Waals surface area contributed by atoms with Gasteiger partial charge in [-0.15, -0.1) is 10.1 Å². The second-order valence-corrected chi connectivity index (χ2v) is 1.17. The molecule has 0 aliphatic heterocycles. The van der Waals surface area contributed by atoms with Gasteiger partial charge in [-0.3, -0.25) is 4.89 Å². The zero-order valence-corrected chi connectivity index (χ0v) is 4.62. The number of alkyl halides is 3. The molecule has 0 aromatic rings. The highest BCUT2D eigenvalue weighted by molar-refractivity contribution is 5.74. The molecule has 0 amide bonds. The Kier molecular flexibility index (Phi) is 2.61. The van der Waals surface area contributed by atoms with Crippen LogP contribution in [0.15, 0.2) is 0 Å². The van der Waals surface area contributed by atoms with Crippen molar-refractivity contribution >= 4 is 5.97 Å². The molecule has 0 aliphatic carbocycles. The first-order chi connectivity index (χ1) is 4.84. The zero-order chi connectivity index (χ0) is 9.07. The van der Waals surface area contributed by atoms with E-state index in [-0.39, 0.29) is 0 Å². The first-order valence-corrected chi connectivity index (χ1v) is 1.94. The van der Waals surface area contributed by atoms with Gasteiger partial charge in [-0.25, -0.2) is 4.79 Å². The highest BCUT2D eigenvalue weighted by atomic mass is 19.4. The lowest BCUT2D eigenvalue weighted by Gasteiger charge is -2.01. The van der Waals surface area contributed by atoms with Crippen molar-refractivity contribution in [3.63, 3.8) is 0 Å². The van der Waals surface area contributed by atoms with Gasteiger partial charge in [0.1, 0.15) is 0 Å². The summed E-state index contributed by atoms with van der Waals surface area (Å²) >= 11 is 0. The molecule has 0 unspecified atom stereocenters. The SMILES string of the molecule is O=C(OO[N+](=O)[O-])C(F)(F)F. The molecule has 0 aromatic carbocycles. The zero-order valence-electron chi connectivity index (χ0n) is 4.62. The second kappa shape index (κ2) is 3.03. The maximum atomic E-state index is 11.1. The van der Waals surface area contributed by atoms with Crippen molar-refractivity contribution in [2.75, 3.05) is 0 Å². The summed E-state index contributed by atoms with van der Waals surface area (Å²) in [7, 11) is 0. The van der Waals surface area contributed by atoms with Crippen LogP contribution in [0.2, 0.25) is 0 Å². The molecule has 64 valence electrons. The molecule has 9 heteroatoms. The summed E-state index contributed by atoms with van der Waals surface area (Å²) < 4.78 is 33.4. The molecule has 0 aliphatic rings. The highest BCUT2D eigenvalue weighted by Crippen LogP contribution is 2.16. The van der Waals surface area contributed by atoms with Crippen molar-refractivity contribution in [2.24, 2.45) is 0 Å². The van der Waals surface area contributed by atoms with Crippen LogP contribution in [0.5, 0.6) is 0 Å². The third-order valence-corrected chi connectivity index (χ3v) is 0.405. The molecule has 0 bridgehead atoms. The van der Waals surface area contributed by atoms with Gasteiger partial charge in [0.05, 0.1) is 0 Å². The monoisotopic (exact) mass is 175 g/mol. The predicted molar refractivity (Wildman–Crippen MR) is 20.2 cm³/mol. The summed E-state index contributed by atoms with van der Waals surface area (Å²) in [4.78, 5) is 24.1. The molecule has 0 N–H and O–H groups in total. The maximum Gasteiger partial charge on any atom is 0.493 e. The summed E-state index contributed by atoms with van der Waals surface area (Å²) in [6.07, 6.45) is -5.30. The Labute approximate surface area is 56.5 Å². The largest absolute Gasteiger partial charge is 0.493 e. The van der Waals surface area contributed by atoms with E-state index in [2.05, 4.69) is 9.88 Å². The fourth-order valence-electron chi connectivity index (χ4n) is 0.112. The minimum absolute atomic E-state index is 1.69. The van der Waals surface area contributed by atoms with E-state index in [0.717, 1.165) is 0 Å². The number of carbonyl (C=O) groups is 1. The first-order valence-electron chi connectivity index (χ1n) is 1.94. The van der Waals surface area contributed by atoms with Crippen LogP contribution in [-0.2, 0) is 14.7 Å². The van der Waals surface area contributed by atoms with Gasteiger partial charge in [-0.1, -0.05) is 4.99 Å². The van der Waals surface area contributed by atoms with Crippen molar-refractivity contribution in [2.45, 2.75) is 6.18 Å². The van der Waals surface area contributed by atoms with Crippen LogP contribution in [-0.4, -0.2) is 17.2 Å². The molecular weight excluding hydrogens is 175 g/mol. The van der Waals surface area contributed by atoms with Crippen LogP contribution in [0, 0.1) is 10.1 Å². The second-order valence-electron chi connectivity index (χ2n) is 1.17. The number of hydrogen-bond donors (Lipinski definition) is 0. The standard InChI is InChI=1S/C2F3NO5/c3-2(4,5)1(7)10-11-6(8)9. The lowest BCUT2D eigenvalue weighted by Crippen LogP contribution is -2.26. The third kappa shape index (κ3) is 3.95. The van der Waals surface area contributed by atoms with E-state index in [1.807, 2.05) is 0 Å². The van der Waals surface area contributed by atoms with Crippen LogP contribution in [0.25, 0.3) is 0 Å². The van der Waals surface area contributed by atoms with E-state index in [1.165, 1.54) is 0 Å². The van der Waals surface area contributed by atoms with Crippen LogP contribution < -0.4 is 0 Å². The minimum atomic E-state index is -5.30. The fourth-order valence-corrected chi connectivity index (χ4v) is 0.112. The van der Waals surface area contributed by atoms with Gasteiger partial charge in [0.15, 0.2) is 0 Å². The van der Waals surface area contributed by atoms with Crippen molar-refractivity contribution in [1.29, 1.82) is 0 Å². The smallest absolute Gasteiger partial charge is 0.250 e. The average molecular weight is 175 g/mol. The number of rotatable bonds is 2. The van der Waals surface area contributed by atoms with E-state index < -0.39 is 17.2 Å². The van der Waals surface area contributed by atoms with Gasteiger partial charge < -0.3 is 0 Å². The highest BCUT2D eigenvalue weighted by Gasteiger charge is 2.42. The average Bonchev–Trinajstić information content (AvgIpc) is 1.80. The van der Waals surface area contributed by atoms with Crippen molar-refractivity contribution < 1.29 is 32.9 Å². The Morgan fingerprint density at radius 3 is 2.18 bits per heavy atom. The van der Waals surface area contributed by atoms with Gasteiger partial charge in [0.25, 0.3) is 0 Å². The lowest BCUT2D eigenvalue weighted by molar-refractivity contribution is -0.840. The summed E-state index contributed by atoms with van der Waals surface area (Å²) in [5, 5.41) is 7.48. The molecule has 11 heavy (non-hydrogen) atoms. The molecule has 0 spiro atoms. The molecule has 0 aromatic heterocycles. The Hall–Kier alpha value is -1.54. The van der Waals surface area contributed by atoms with Gasteiger partial charge in [0, 0.05) is 0 Å². The summed E-state index contributed by atoms with van der Waals surface area (Å²) in [5.41, 5.74) is 0. The predicted octanol–water partition coefficient (Wildman–Crippen LogP) is 0.215. The lowest BCUT2D eigenvalue weighted by atomic mass is 10.7. The Morgan fingerprint density at radius 1 is 1.45 bits per heavy atom. The van der Waals surface area contributed by atoms with Crippen LogP contribution in [0.3, 0.4) is 0 Å². The molecule has 0 heterocycles.